The molecule has 0 saturated heterocycles. The zero-order valence-corrected chi connectivity index (χ0v) is 20.6. The Morgan fingerprint density at radius 2 is 1.32 bits per heavy atom. The van der Waals surface area contributed by atoms with Crippen molar-refractivity contribution in [2.45, 2.75) is 0 Å². The Balaban J connectivity index is 1.52. The van der Waals surface area contributed by atoms with Gasteiger partial charge in [0.1, 0.15) is 0 Å². The molecule has 3 aromatic heterocycles. The molecule has 0 spiro atoms. The number of nitrogens with zero attached hydrogens (tertiary/aromatic N) is 1. The van der Waals surface area contributed by atoms with E-state index >= 15 is 0 Å². The SMILES string of the molecule is c1ccc(-n2c3cc4c(cc3c3ccc5ccccc5c32)sc2ccc3c5ccccc5[nH]c3c24)cc1. The molecule has 0 aliphatic carbocycles. The lowest BCUT2D eigenvalue weighted by molar-refractivity contribution is 1.19. The number of nitrogens with one attached hydrogen (secondary N) is 1. The van der Waals surface area contributed by atoms with Crippen LogP contribution >= 0.6 is 11.3 Å². The highest BCUT2D eigenvalue weighted by atomic mass is 32.1. The van der Waals surface area contributed by atoms with Gasteiger partial charge in [-0.1, -0.05) is 78.9 Å². The molecule has 0 bridgehead atoms. The maximum Gasteiger partial charge on any atom is 0.0619 e. The van der Waals surface area contributed by atoms with Crippen LogP contribution in [0.15, 0.2) is 115 Å². The van der Waals surface area contributed by atoms with Crippen LogP contribution in [0, 0.1) is 0 Å². The number of rotatable bonds is 1. The van der Waals surface area contributed by atoms with Crippen molar-refractivity contribution in [3.05, 3.63) is 115 Å². The monoisotopic (exact) mass is 488 g/mol. The van der Waals surface area contributed by atoms with Gasteiger partial charge in [0.2, 0.25) is 0 Å². The largest absolute Gasteiger partial charge is 0.354 e. The topological polar surface area (TPSA) is 20.7 Å². The predicted molar refractivity (Wildman–Crippen MR) is 161 cm³/mol. The molecule has 0 atom stereocenters. The summed E-state index contributed by atoms with van der Waals surface area (Å²) in [5, 5.41) is 10.4. The fourth-order valence-electron chi connectivity index (χ4n) is 6.30. The van der Waals surface area contributed by atoms with Crippen LogP contribution in [-0.4, -0.2) is 9.55 Å². The van der Waals surface area contributed by atoms with E-state index in [9.17, 15) is 0 Å². The first-order chi connectivity index (χ1) is 18.3. The van der Waals surface area contributed by atoms with Crippen molar-refractivity contribution in [1.82, 2.24) is 9.55 Å². The van der Waals surface area contributed by atoms with Gasteiger partial charge >= 0.3 is 0 Å². The summed E-state index contributed by atoms with van der Waals surface area (Å²) in [4.78, 5) is 3.74. The van der Waals surface area contributed by atoms with Gasteiger partial charge < -0.3 is 9.55 Å². The summed E-state index contributed by atoms with van der Waals surface area (Å²) in [7, 11) is 0. The molecule has 9 rings (SSSR count). The average molecular weight is 489 g/mol. The van der Waals surface area contributed by atoms with Gasteiger partial charge in [-0.25, -0.2) is 0 Å². The number of para-hydroxylation sites is 2. The predicted octanol–water partition coefficient (Wildman–Crippen LogP) is 9.94. The Labute approximate surface area is 216 Å². The molecular formula is C34H20N2S. The molecule has 0 amide bonds. The van der Waals surface area contributed by atoms with E-state index in [2.05, 4.69) is 125 Å². The van der Waals surface area contributed by atoms with Crippen LogP contribution in [0.1, 0.15) is 0 Å². The molecular weight excluding hydrogens is 468 g/mol. The number of H-pyrrole nitrogens is 1. The van der Waals surface area contributed by atoms with E-state index in [4.69, 9.17) is 0 Å². The van der Waals surface area contributed by atoms with Crippen LogP contribution in [0.4, 0.5) is 0 Å². The Kier molecular flexibility index (Phi) is 3.70. The molecule has 0 unspecified atom stereocenters. The van der Waals surface area contributed by atoms with Gasteiger partial charge in [0.05, 0.1) is 16.6 Å². The zero-order valence-electron chi connectivity index (χ0n) is 19.8. The fourth-order valence-corrected chi connectivity index (χ4v) is 7.43. The lowest BCUT2D eigenvalue weighted by Gasteiger charge is -2.09. The van der Waals surface area contributed by atoms with E-state index in [0.29, 0.717) is 0 Å². The summed E-state index contributed by atoms with van der Waals surface area (Å²) in [6.45, 7) is 0. The molecule has 9 aromatic rings. The molecule has 3 heteroatoms. The van der Waals surface area contributed by atoms with E-state index in [1.54, 1.807) is 0 Å². The van der Waals surface area contributed by atoms with Crippen LogP contribution in [0.2, 0.25) is 0 Å². The maximum absolute atomic E-state index is 3.74. The van der Waals surface area contributed by atoms with Gasteiger partial charge in [0, 0.05) is 58.3 Å². The number of fused-ring (bicyclic) bond motifs is 12. The fraction of sp³-hybridized carbons (Fsp3) is 0. The molecule has 0 saturated carbocycles. The summed E-state index contributed by atoms with van der Waals surface area (Å²) in [5.41, 5.74) is 6.14. The summed E-state index contributed by atoms with van der Waals surface area (Å²) in [6.07, 6.45) is 0. The molecule has 1 N–H and O–H groups in total. The van der Waals surface area contributed by atoms with Gasteiger partial charge in [-0.3, -0.25) is 0 Å². The Bertz CT molecular complexity index is 2350. The van der Waals surface area contributed by atoms with Crippen molar-refractivity contribution in [2.75, 3.05) is 0 Å². The molecule has 3 heterocycles. The van der Waals surface area contributed by atoms with Crippen LogP contribution in [-0.2, 0) is 0 Å². The molecule has 0 fully saturated rings. The van der Waals surface area contributed by atoms with Crippen LogP contribution in [0.5, 0.6) is 0 Å². The first-order valence-corrected chi connectivity index (χ1v) is 13.4. The second kappa shape index (κ2) is 7.00. The normalized spacial score (nSPS) is 12.3. The van der Waals surface area contributed by atoms with Crippen molar-refractivity contribution in [3.8, 4) is 5.69 Å². The Morgan fingerprint density at radius 1 is 0.541 bits per heavy atom. The number of hydrogen-bond acceptors (Lipinski definition) is 1. The van der Waals surface area contributed by atoms with Gasteiger partial charge in [-0.05, 0) is 41.8 Å². The number of aromatic amines is 1. The Morgan fingerprint density at radius 3 is 2.24 bits per heavy atom. The third-order valence-corrected chi connectivity index (χ3v) is 9.02. The third kappa shape index (κ3) is 2.54. The highest BCUT2D eigenvalue weighted by Crippen LogP contribution is 2.44. The zero-order chi connectivity index (χ0) is 24.1. The molecule has 0 aliphatic rings. The summed E-state index contributed by atoms with van der Waals surface area (Å²) >= 11 is 1.89. The highest BCUT2D eigenvalue weighted by Gasteiger charge is 2.19. The van der Waals surface area contributed by atoms with Crippen LogP contribution < -0.4 is 0 Å². The number of benzene rings is 6. The molecule has 6 aromatic carbocycles. The summed E-state index contributed by atoms with van der Waals surface area (Å²) in [5.74, 6) is 0. The minimum absolute atomic E-state index is 1.19. The van der Waals surface area contributed by atoms with Gasteiger partial charge in [-0.15, -0.1) is 11.3 Å². The highest BCUT2D eigenvalue weighted by molar-refractivity contribution is 7.26. The van der Waals surface area contributed by atoms with Crippen LogP contribution in [0.3, 0.4) is 0 Å². The van der Waals surface area contributed by atoms with Gasteiger partial charge in [0.25, 0.3) is 0 Å². The first kappa shape index (κ1) is 19.6. The molecule has 172 valence electrons. The van der Waals surface area contributed by atoms with E-state index < -0.39 is 0 Å². The van der Waals surface area contributed by atoms with E-state index in [0.717, 1.165) is 0 Å². The standard InChI is InChI=1S/C34H20N2S/c1-2-9-21(10-3-1)36-29-18-27-31(19-26(29)25-15-14-20-8-4-5-11-22(20)34(25)36)37-30-17-16-24-23-12-6-7-13-28(23)35-33(24)32(27)30/h1-19,35H. The maximum atomic E-state index is 3.74. The van der Waals surface area contributed by atoms with E-state index in [-0.39, 0.29) is 0 Å². The number of hydrogen-bond donors (Lipinski definition) is 1. The van der Waals surface area contributed by atoms with E-state index in [1.807, 2.05) is 11.3 Å². The molecule has 0 radical (unpaired) electrons. The number of aromatic nitrogens is 2. The molecule has 2 nitrogen and oxygen atoms in total. The van der Waals surface area contributed by atoms with Crippen molar-refractivity contribution in [2.24, 2.45) is 0 Å². The first-order valence-electron chi connectivity index (χ1n) is 12.6. The third-order valence-electron chi connectivity index (χ3n) is 7.90. The second-order valence-corrected chi connectivity index (χ2v) is 10.9. The molecule has 37 heavy (non-hydrogen) atoms. The Hall–Kier alpha value is -4.60. The lowest BCUT2D eigenvalue weighted by Crippen LogP contribution is -1.93. The lowest BCUT2D eigenvalue weighted by atomic mass is 10.0. The van der Waals surface area contributed by atoms with Gasteiger partial charge in [-0.2, -0.15) is 0 Å². The summed E-state index contributed by atoms with van der Waals surface area (Å²) < 4.78 is 5.11. The smallest absolute Gasteiger partial charge is 0.0619 e. The van der Waals surface area contributed by atoms with Crippen molar-refractivity contribution in [3.63, 3.8) is 0 Å². The quantitative estimate of drug-likeness (QED) is 0.237. The van der Waals surface area contributed by atoms with Crippen molar-refractivity contribution < 1.29 is 0 Å². The molecule has 0 aliphatic heterocycles. The van der Waals surface area contributed by atoms with Crippen molar-refractivity contribution in [1.29, 1.82) is 0 Å². The summed E-state index contributed by atoms with van der Waals surface area (Å²) in [6, 6.07) is 42.1. The minimum Gasteiger partial charge on any atom is -0.354 e. The number of thiophene rings is 1. The van der Waals surface area contributed by atoms with E-state index in [1.165, 1.54) is 80.2 Å². The van der Waals surface area contributed by atoms with Crippen molar-refractivity contribution >= 4 is 85.9 Å². The minimum atomic E-state index is 1.19. The van der Waals surface area contributed by atoms with Gasteiger partial charge in [0.15, 0.2) is 0 Å². The average Bonchev–Trinajstić information content (AvgIpc) is 3.61. The van der Waals surface area contributed by atoms with Crippen LogP contribution in [0.25, 0.3) is 80.2 Å². The second-order valence-electron chi connectivity index (χ2n) is 9.85.